The Morgan fingerprint density at radius 3 is 2.55 bits per heavy atom. The van der Waals surface area contributed by atoms with E-state index in [1.807, 2.05) is 0 Å². The van der Waals surface area contributed by atoms with Gasteiger partial charge in [0.25, 0.3) is 5.91 Å². The molecule has 31 heavy (non-hydrogen) atoms. The lowest BCUT2D eigenvalue weighted by molar-refractivity contribution is 0.0964. The molecule has 2 aromatic heterocycles. The molecule has 4 aromatic rings. The second kappa shape index (κ2) is 8.20. The number of aliphatic hydroxyl groups is 1. The highest BCUT2D eigenvalue weighted by Gasteiger charge is 2.28. The number of aromatic nitrogens is 2. The molecule has 0 aliphatic heterocycles. The van der Waals surface area contributed by atoms with Crippen LogP contribution in [0, 0.1) is 11.6 Å². The molecule has 1 unspecified atom stereocenters. The molecule has 0 spiro atoms. The van der Waals surface area contributed by atoms with Crippen LogP contribution in [0.15, 0.2) is 53.3 Å². The fourth-order valence-corrected chi connectivity index (χ4v) is 4.18. The maximum Gasteiger partial charge on any atom is 0.266 e. The first-order valence-electron chi connectivity index (χ1n) is 8.77. The van der Waals surface area contributed by atoms with E-state index in [1.165, 1.54) is 24.5 Å². The van der Waals surface area contributed by atoms with E-state index in [9.17, 15) is 18.7 Å². The first-order chi connectivity index (χ1) is 14.7. The Labute approximate surface area is 193 Å². The molecule has 0 radical (unpaired) electrons. The summed E-state index contributed by atoms with van der Waals surface area (Å²) in [5, 5.41) is 11.4. The van der Waals surface area contributed by atoms with Crippen LogP contribution < -0.4 is 5.73 Å². The van der Waals surface area contributed by atoms with Gasteiger partial charge in [-0.25, -0.2) is 13.8 Å². The third-order valence-electron chi connectivity index (χ3n) is 4.76. The number of carbonyl (C=O) groups is 1. The van der Waals surface area contributed by atoms with Gasteiger partial charge in [-0.1, -0.05) is 29.3 Å². The second-order valence-corrected chi connectivity index (χ2v) is 8.38. The van der Waals surface area contributed by atoms with Crippen LogP contribution in [-0.2, 0) is 0 Å². The Kier molecular flexibility index (Phi) is 5.74. The van der Waals surface area contributed by atoms with Crippen molar-refractivity contribution in [1.82, 2.24) is 9.55 Å². The van der Waals surface area contributed by atoms with E-state index in [1.54, 1.807) is 12.1 Å². The number of anilines is 1. The highest BCUT2D eigenvalue weighted by atomic mass is 79.9. The third kappa shape index (κ3) is 3.70. The minimum Gasteiger partial charge on any atom is -0.396 e. The summed E-state index contributed by atoms with van der Waals surface area (Å²) >= 11 is 15.6. The van der Waals surface area contributed by atoms with Crippen molar-refractivity contribution in [2.24, 2.45) is 0 Å². The first-order valence-corrected chi connectivity index (χ1v) is 10.3. The molecule has 2 aromatic carbocycles. The average Bonchev–Trinajstić information content (AvgIpc) is 3.09. The minimum absolute atomic E-state index is 0.0230. The number of fused-ring (bicyclic) bond motifs is 1. The molecule has 2 heterocycles. The maximum atomic E-state index is 14.6. The molecule has 0 fully saturated rings. The molecule has 0 aliphatic carbocycles. The number of halogens is 5. The molecule has 4 rings (SSSR count). The molecule has 3 N–H and O–H groups in total. The zero-order chi connectivity index (χ0) is 22.4. The molecular formula is C21H12BrCl2F2N3O2. The van der Waals surface area contributed by atoms with Crippen LogP contribution in [0.1, 0.15) is 27.6 Å². The zero-order valence-corrected chi connectivity index (χ0v) is 18.5. The summed E-state index contributed by atoms with van der Waals surface area (Å²) in [4.78, 5) is 17.5. The van der Waals surface area contributed by atoms with Gasteiger partial charge < -0.3 is 10.8 Å². The molecule has 0 bridgehead atoms. The fraction of sp³-hybridized carbons (Fsp3) is 0.0476. The summed E-state index contributed by atoms with van der Waals surface area (Å²) in [5.41, 5.74) is 4.79. The summed E-state index contributed by atoms with van der Waals surface area (Å²) in [6.07, 6.45) is 0.926. The van der Waals surface area contributed by atoms with Crippen molar-refractivity contribution in [2.75, 3.05) is 5.73 Å². The van der Waals surface area contributed by atoms with Gasteiger partial charge >= 0.3 is 0 Å². The van der Waals surface area contributed by atoms with Crippen molar-refractivity contribution in [3.05, 3.63) is 91.6 Å². The number of hydrogen-bond donors (Lipinski definition) is 2. The predicted octanol–water partition coefficient (Wildman–Crippen LogP) is 5.74. The van der Waals surface area contributed by atoms with E-state index in [4.69, 9.17) is 28.9 Å². The Balaban J connectivity index is 1.96. The number of pyridine rings is 1. The lowest BCUT2D eigenvalue weighted by atomic mass is 10.00. The van der Waals surface area contributed by atoms with Gasteiger partial charge in [-0.15, -0.1) is 0 Å². The second-order valence-electron chi connectivity index (χ2n) is 6.65. The summed E-state index contributed by atoms with van der Waals surface area (Å²) in [6.45, 7) is 0. The van der Waals surface area contributed by atoms with Crippen molar-refractivity contribution in [1.29, 1.82) is 0 Å². The van der Waals surface area contributed by atoms with Crippen molar-refractivity contribution >= 4 is 61.8 Å². The molecule has 158 valence electrons. The van der Waals surface area contributed by atoms with Gasteiger partial charge in [-0.05, 0) is 46.3 Å². The minimum atomic E-state index is -1.77. The van der Waals surface area contributed by atoms with Gasteiger partial charge in [0.05, 0.1) is 26.9 Å². The Morgan fingerprint density at radius 1 is 1.19 bits per heavy atom. The van der Waals surface area contributed by atoms with Crippen LogP contribution in [0.2, 0.25) is 10.0 Å². The third-order valence-corrected chi connectivity index (χ3v) is 5.82. The molecule has 0 saturated carbocycles. The van der Waals surface area contributed by atoms with Crippen molar-refractivity contribution in [2.45, 2.75) is 6.10 Å². The number of carbonyl (C=O) groups excluding carboxylic acids is 1. The van der Waals surface area contributed by atoms with Gasteiger partial charge in [0.2, 0.25) is 0 Å². The topological polar surface area (TPSA) is 81.1 Å². The van der Waals surface area contributed by atoms with Crippen LogP contribution in [0.3, 0.4) is 0 Å². The van der Waals surface area contributed by atoms with E-state index >= 15 is 0 Å². The van der Waals surface area contributed by atoms with Crippen LogP contribution in [-0.4, -0.2) is 20.6 Å². The number of nitrogen functional groups attached to an aromatic ring is 1. The summed E-state index contributed by atoms with van der Waals surface area (Å²) in [6, 6.07) is 8.18. The monoisotopic (exact) mass is 525 g/mol. The van der Waals surface area contributed by atoms with Gasteiger partial charge in [0.1, 0.15) is 17.6 Å². The van der Waals surface area contributed by atoms with Gasteiger partial charge in [0, 0.05) is 27.8 Å². The van der Waals surface area contributed by atoms with E-state index in [2.05, 4.69) is 20.9 Å². The van der Waals surface area contributed by atoms with Crippen molar-refractivity contribution in [3.8, 4) is 0 Å². The number of benzene rings is 2. The molecule has 5 nitrogen and oxygen atoms in total. The molecule has 0 saturated heterocycles. The number of aliphatic hydroxyl groups excluding tert-OH is 1. The summed E-state index contributed by atoms with van der Waals surface area (Å²) in [5.74, 6) is -2.69. The van der Waals surface area contributed by atoms with E-state index in [0.29, 0.717) is 9.86 Å². The van der Waals surface area contributed by atoms with Gasteiger partial charge in [-0.3, -0.25) is 9.36 Å². The van der Waals surface area contributed by atoms with Crippen molar-refractivity contribution in [3.63, 3.8) is 0 Å². The summed E-state index contributed by atoms with van der Waals surface area (Å²) in [7, 11) is 0. The molecule has 0 amide bonds. The van der Waals surface area contributed by atoms with Crippen LogP contribution in [0.5, 0.6) is 0 Å². The molecule has 10 heteroatoms. The first kappa shape index (κ1) is 21.7. The Bertz CT molecular complexity index is 1340. The molecule has 1 atom stereocenters. The quantitative estimate of drug-likeness (QED) is 0.334. The number of nitrogens with zero attached hydrogens (tertiary/aromatic N) is 2. The largest absolute Gasteiger partial charge is 0.396 e. The maximum absolute atomic E-state index is 14.6. The van der Waals surface area contributed by atoms with Crippen LogP contribution in [0.25, 0.3) is 11.0 Å². The lowest BCUT2D eigenvalue weighted by Gasteiger charge is -2.13. The van der Waals surface area contributed by atoms with E-state index in [-0.39, 0.29) is 32.5 Å². The average molecular weight is 527 g/mol. The number of rotatable bonds is 3. The molecule has 0 aliphatic rings. The Hall–Kier alpha value is -2.52. The Morgan fingerprint density at radius 2 is 1.87 bits per heavy atom. The van der Waals surface area contributed by atoms with Crippen LogP contribution in [0.4, 0.5) is 14.5 Å². The van der Waals surface area contributed by atoms with Gasteiger partial charge in [-0.2, -0.15) is 0 Å². The number of hydrogen-bond acceptors (Lipinski definition) is 4. The fourth-order valence-electron chi connectivity index (χ4n) is 3.29. The predicted molar refractivity (Wildman–Crippen MR) is 118 cm³/mol. The highest BCUT2D eigenvalue weighted by molar-refractivity contribution is 9.10. The van der Waals surface area contributed by atoms with Crippen LogP contribution >= 0.6 is 39.1 Å². The zero-order valence-electron chi connectivity index (χ0n) is 15.4. The number of nitrogens with two attached hydrogens (primary N) is 1. The van der Waals surface area contributed by atoms with E-state index < -0.39 is 29.2 Å². The lowest BCUT2D eigenvalue weighted by Crippen LogP contribution is -2.13. The van der Waals surface area contributed by atoms with E-state index in [0.717, 1.165) is 16.7 Å². The standard InChI is InChI=1S/C21H12BrCl2F2N3O2/c22-9-6-10-11(19(30)17-14(25)4-5-15(27)18(17)26)8-29(20(10)28-7-9)21(31)16-12(23)2-1-3-13(16)24/h1-8,19,30H,27H2. The SMILES string of the molecule is Nc1ccc(F)c(C(O)c2cn(C(=O)c3c(Cl)cccc3Cl)c3ncc(Br)cc23)c1F. The smallest absolute Gasteiger partial charge is 0.266 e. The highest BCUT2D eigenvalue weighted by Crippen LogP contribution is 2.36. The normalized spacial score (nSPS) is 12.3. The van der Waals surface area contributed by atoms with Crippen molar-refractivity contribution < 1.29 is 18.7 Å². The molecular weight excluding hydrogens is 515 g/mol. The summed E-state index contributed by atoms with van der Waals surface area (Å²) < 4.78 is 30.6. The van der Waals surface area contributed by atoms with Gasteiger partial charge in [0.15, 0.2) is 5.82 Å².